The number of likely N-dealkylation sites (N-methyl/N-ethyl adjacent to an activating group) is 1. The summed E-state index contributed by atoms with van der Waals surface area (Å²) in [6, 6.07) is 0.722. The fraction of sp³-hybridized carbons (Fsp3) is 1.00. The minimum Gasteiger partial charge on any atom is -0.315 e. The van der Waals surface area contributed by atoms with Gasteiger partial charge in [0.25, 0.3) is 0 Å². The summed E-state index contributed by atoms with van der Waals surface area (Å²) in [4.78, 5) is 2.57. The maximum absolute atomic E-state index is 3.58. The molecule has 1 rings (SSSR count). The second kappa shape index (κ2) is 7.29. The zero-order valence-corrected chi connectivity index (χ0v) is 11.6. The van der Waals surface area contributed by atoms with Crippen LogP contribution in [0.1, 0.15) is 46.5 Å². The van der Waals surface area contributed by atoms with Gasteiger partial charge in [0.15, 0.2) is 0 Å². The quantitative estimate of drug-likeness (QED) is 0.684. The van der Waals surface area contributed by atoms with Gasteiger partial charge in [0.1, 0.15) is 0 Å². The first kappa shape index (κ1) is 14.0. The molecule has 96 valence electrons. The highest BCUT2D eigenvalue weighted by molar-refractivity contribution is 4.77. The summed E-state index contributed by atoms with van der Waals surface area (Å²) in [6.07, 6.45) is 5.63. The Labute approximate surface area is 102 Å². The molecule has 0 saturated heterocycles. The molecule has 0 aliphatic heterocycles. The highest BCUT2D eigenvalue weighted by Gasteiger charge is 2.22. The minimum atomic E-state index is 0.722. The molecule has 0 radical (unpaired) electrons. The van der Waals surface area contributed by atoms with E-state index in [0.29, 0.717) is 0 Å². The molecule has 0 spiro atoms. The van der Waals surface area contributed by atoms with E-state index < -0.39 is 0 Å². The Morgan fingerprint density at radius 3 is 2.38 bits per heavy atom. The van der Waals surface area contributed by atoms with E-state index in [1.165, 1.54) is 32.2 Å². The van der Waals surface area contributed by atoms with E-state index in [9.17, 15) is 0 Å². The van der Waals surface area contributed by atoms with Crippen molar-refractivity contribution in [1.82, 2.24) is 10.2 Å². The molecule has 1 unspecified atom stereocenters. The van der Waals surface area contributed by atoms with E-state index in [-0.39, 0.29) is 0 Å². The zero-order chi connectivity index (χ0) is 12.0. The number of hydrogen-bond acceptors (Lipinski definition) is 2. The van der Waals surface area contributed by atoms with Crippen LogP contribution in [0.5, 0.6) is 0 Å². The molecule has 16 heavy (non-hydrogen) atoms. The van der Waals surface area contributed by atoms with E-state index in [4.69, 9.17) is 0 Å². The molecule has 2 nitrogen and oxygen atoms in total. The Bertz CT molecular complexity index is 176. The lowest BCUT2D eigenvalue weighted by atomic mass is 9.85. The van der Waals surface area contributed by atoms with Crippen LogP contribution in [0.2, 0.25) is 0 Å². The van der Waals surface area contributed by atoms with E-state index in [2.05, 4.69) is 38.0 Å². The Hall–Kier alpha value is -0.0800. The van der Waals surface area contributed by atoms with Crippen molar-refractivity contribution in [2.45, 2.75) is 52.5 Å². The molecule has 0 aromatic rings. The van der Waals surface area contributed by atoms with Gasteiger partial charge < -0.3 is 10.2 Å². The van der Waals surface area contributed by atoms with Crippen LogP contribution in [0.15, 0.2) is 0 Å². The second-order valence-electron chi connectivity index (χ2n) is 5.85. The van der Waals surface area contributed by atoms with Gasteiger partial charge in [0.05, 0.1) is 0 Å². The molecule has 2 heteroatoms. The van der Waals surface area contributed by atoms with Gasteiger partial charge in [-0.25, -0.2) is 0 Å². The van der Waals surface area contributed by atoms with Crippen molar-refractivity contribution in [3.05, 3.63) is 0 Å². The molecular weight excluding hydrogens is 196 g/mol. The third-order valence-corrected chi connectivity index (χ3v) is 3.80. The fourth-order valence-electron chi connectivity index (χ4n) is 2.38. The van der Waals surface area contributed by atoms with Gasteiger partial charge in [-0.1, -0.05) is 27.2 Å². The van der Waals surface area contributed by atoms with Gasteiger partial charge in [-0.05, 0) is 44.7 Å². The first-order chi connectivity index (χ1) is 7.63. The van der Waals surface area contributed by atoms with Crippen LogP contribution in [-0.2, 0) is 0 Å². The average Bonchev–Trinajstić information content (AvgIpc) is 2.17. The molecule has 0 heterocycles. The first-order valence-electron chi connectivity index (χ1n) is 7.04. The fourth-order valence-corrected chi connectivity index (χ4v) is 2.38. The molecule has 1 aliphatic carbocycles. The van der Waals surface area contributed by atoms with Crippen LogP contribution in [0, 0.1) is 11.8 Å². The van der Waals surface area contributed by atoms with Gasteiger partial charge in [-0.15, -0.1) is 0 Å². The molecule has 1 aliphatic rings. The molecule has 1 atom stereocenters. The SMILES string of the molecule is CCC(CNCC(C)C)N(C)CC1CCC1. The Kier molecular flexibility index (Phi) is 6.37. The van der Waals surface area contributed by atoms with Crippen LogP contribution in [0.25, 0.3) is 0 Å². The summed E-state index contributed by atoms with van der Waals surface area (Å²) in [7, 11) is 2.30. The predicted octanol–water partition coefficient (Wildman–Crippen LogP) is 2.74. The summed E-state index contributed by atoms with van der Waals surface area (Å²) < 4.78 is 0. The van der Waals surface area contributed by atoms with E-state index >= 15 is 0 Å². The van der Waals surface area contributed by atoms with Crippen LogP contribution < -0.4 is 5.32 Å². The van der Waals surface area contributed by atoms with Crippen LogP contribution in [0.4, 0.5) is 0 Å². The van der Waals surface area contributed by atoms with Gasteiger partial charge in [-0.3, -0.25) is 0 Å². The number of nitrogens with one attached hydrogen (secondary N) is 1. The first-order valence-corrected chi connectivity index (χ1v) is 7.04. The molecule has 0 bridgehead atoms. The summed E-state index contributed by atoms with van der Waals surface area (Å²) in [5.41, 5.74) is 0. The lowest BCUT2D eigenvalue weighted by Crippen LogP contribution is -2.43. The highest BCUT2D eigenvalue weighted by Crippen LogP contribution is 2.27. The smallest absolute Gasteiger partial charge is 0.0215 e. The lowest BCUT2D eigenvalue weighted by molar-refractivity contribution is 0.155. The predicted molar refractivity (Wildman–Crippen MR) is 71.8 cm³/mol. The largest absolute Gasteiger partial charge is 0.315 e. The van der Waals surface area contributed by atoms with E-state index in [1.54, 1.807) is 0 Å². The summed E-state index contributed by atoms with van der Waals surface area (Å²) in [5.74, 6) is 1.75. The highest BCUT2D eigenvalue weighted by atomic mass is 15.1. The molecule has 0 amide bonds. The summed E-state index contributed by atoms with van der Waals surface area (Å²) in [5, 5.41) is 3.58. The van der Waals surface area contributed by atoms with Gasteiger partial charge in [0.2, 0.25) is 0 Å². The Morgan fingerprint density at radius 2 is 1.94 bits per heavy atom. The molecule has 1 saturated carbocycles. The van der Waals surface area contributed by atoms with Crippen molar-refractivity contribution in [1.29, 1.82) is 0 Å². The monoisotopic (exact) mass is 226 g/mol. The number of nitrogens with zero attached hydrogens (tertiary/aromatic N) is 1. The standard InChI is InChI=1S/C14H30N2/c1-5-14(10-15-9-12(2)3)16(4)11-13-7-6-8-13/h12-15H,5-11H2,1-4H3. The average molecular weight is 226 g/mol. The van der Waals surface area contributed by atoms with Gasteiger partial charge in [0, 0.05) is 19.1 Å². The Morgan fingerprint density at radius 1 is 1.25 bits per heavy atom. The zero-order valence-electron chi connectivity index (χ0n) is 11.6. The molecular formula is C14H30N2. The maximum Gasteiger partial charge on any atom is 0.0215 e. The Balaban J connectivity index is 2.17. The molecule has 0 aromatic carbocycles. The normalized spacial score (nSPS) is 19.1. The molecule has 1 N–H and O–H groups in total. The van der Waals surface area contributed by atoms with Crippen molar-refractivity contribution in [3.8, 4) is 0 Å². The number of rotatable bonds is 8. The minimum absolute atomic E-state index is 0.722. The van der Waals surface area contributed by atoms with Crippen molar-refractivity contribution >= 4 is 0 Å². The van der Waals surface area contributed by atoms with Gasteiger partial charge in [-0.2, -0.15) is 0 Å². The van der Waals surface area contributed by atoms with Crippen molar-refractivity contribution in [3.63, 3.8) is 0 Å². The second-order valence-corrected chi connectivity index (χ2v) is 5.85. The molecule has 1 fully saturated rings. The summed E-state index contributed by atoms with van der Waals surface area (Å²) >= 11 is 0. The lowest BCUT2D eigenvalue weighted by Gasteiger charge is -2.34. The third kappa shape index (κ3) is 4.84. The maximum atomic E-state index is 3.58. The summed E-state index contributed by atoms with van der Waals surface area (Å²) in [6.45, 7) is 10.4. The van der Waals surface area contributed by atoms with Crippen LogP contribution >= 0.6 is 0 Å². The topological polar surface area (TPSA) is 15.3 Å². The molecule has 0 aromatic heterocycles. The van der Waals surface area contributed by atoms with Crippen molar-refractivity contribution in [2.24, 2.45) is 11.8 Å². The van der Waals surface area contributed by atoms with Crippen molar-refractivity contribution in [2.75, 3.05) is 26.7 Å². The van der Waals surface area contributed by atoms with E-state index in [1.807, 2.05) is 0 Å². The van der Waals surface area contributed by atoms with E-state index in [0.717, 1.165) is 31.0 Å². The van der Waals surface area contributed by atoms with Crippen LogP contribution in [0.3, 0.4) is 0 Å². The number of hydrogen-bond donors (Lipinski definition) is 1. The third-order valence-electron chi connectivity index (χ3n) is 3.80. The van der Waals surface area contributed by atoms with Gasteiger partial charge >= 0.3 is 0 Å². The van der Waals surface area contributed by atoms with Crippen LogP contribution in [-0.4, -0.2) is 37.6 Å². The van der Waals surface area contributed by atoms with Crippen molar-refractivity contribution < 1.29 is 0 Å².